The molecule has 2 aliphatic rings. The molecule has 1 amide bonds. The van der Waals surface area contributed by atoms with E-state index in [1.54, 1.807) is 28.6 Å². The summed E-state index contributed by atoms with van der Waals surface area (Å²) in [6, 6.07) is 7.08. The van der Waals surface area contributed by atoms with Gasteiger partial charge in [-0.25, -0.2) is 4.79 Å². The fourth-order valence-electron chi connectivity index (χ4n) is 5.70. The minimum atomic E-state index is -4.64. The maximum absolute atomic E-state index is 14.6. The predicted octanol–water partition coefficient (Wildman–Crippen LogP) is 6.28. The number of aromatic nitrogens is 3. The van der Waals surface area contributed by atoms with E-state index < -0.39 is 17.4 Å². The number of benzene rings is 1. The second-order valence-electron chi connectivity index (χ2n) is 10.5. The smallest absolute Gasteiger partial charge is 0.352 e. The van der Waals surface area contributed by atoms with Crippen LogP contribution in [0.2, 0.25) is 5.02 Å². The first-order chi connectivity index (χ1) is 20.9. The first-order valence-corrected chi connectivity index (χ1v) is 16.0. The van der Waals surface area contributed by atoms with Crippen molar-refractivity contribution in [3.05, 3.63) is 86.0 Å². The van der Waals surface area contributed by atoms with Gasteiger partial charge >= 0.3 is 11.9 Å². The highest BCUT2D eigenvalue weighted by Crippen LogP contribution is 2.49. The van der Waals surface area contributed by atoms with Crippen LogP contribution in [0.5, 0.6) is 0 Å². The monoisotopic (exact) mass is 663 g/mol. The lowest BCUT2D eigenvalue weighted by Crippen LogP contribution is -2.58. The fraction of sp³-hybridized carbons (Fsp3) is 0.333. The van der Waals surface area contributed by atoms with E-state index in [0.29, 0.717) is 52.1 Å². The van der Waals surface area contributed by atoms with Gasteiger partial charge in [-0.05, 0) is 50.3 Å². The van der Waals surface area contributed by atoms with Gasteiger partial charge < -0.3 is 14.8 Å². The number of hydrogen-bond acceptors (Lipinski definition) is 7. The molecule has 6 rings (SSSR count). The average molecular weight is 664 g/mol. The number of aryl methyl sites for hydroxylation is 1. The summed E-state index contributed by atoms with van der Waals surface area (Å²) in [4.78, 5) is 47.0. The van der Waals surface area contributed by atoms with Crippen LogP contribution in [0.15, 0.2) is 69.0 Å². The Balaban J connectivity index is 0.000000484. The second kappa shape index (κ2) is 12.8. The standard InChI is InChI=1S/C25H24ClF3N4O2S2.C5H5NO/c1-4-19(34)33-13(2)10-31(11-14(33)3)23-16-9-17(25(27,28)29)20(18-8-15(26)12-37-18)22-21(16)32(24(35)30-23)6-5-7-36-22;7-5-3-1-2-4-6-5/h4,8-9,12-14H,1,5-7,10-11H2,2-3H3;1-4H,(H,6,7). The number of halogens is 4. The molecule has 0 radical (unpaired) electrons. The molecule has 0 saturated carbocycles. The molecule has 0 aliphatic carbocycles. The lowest BCUT2D eigenvalue weighted by molar-refractivity contribution is -0.137. The summed E-state index contributed by atoms with van der Waals surface area (Å²) in [6.45, 7) is 8.31. The van der Waals surface area contributed by atoms with Crippen molar-refractivity contribution in [2.24, 2.45) is 0 Å². The number of alkyl halides is 3. The lowest BCUT2D eigenvalue weighted by atomic mass is 10.0. The number of aromatic amines is 1. The van der Waals surface area contributed by atoms with Crippen molar-refractivity contribution >= 4 is 57.3 Å². The highest BCUT2D eigenvalue weighted by atomic mass is 35.5. The van der Waals surface area contributed by atoms with Crippen LogP contribution in [0.4, 0.5) is 19.0 Å². The van der Waals surface area contributed by atoms with Gasteiger partial charge in [0.1, 0.15) is 5.82 Å². The Morgan fingerprint density at radius 2 is 1.91 bits per heavy atom. The number of nitrogens with one attached hydrogen (secondary N) is 1. The summed E-state index contributed by atoms with van der Waals surface area (Å²) in [7, 11) is 0. The summed E-state index contributed by atoms with van der Waals surface area (Å²) in [5.74, 6) is 0.566. The molecule has 0 spiro atoms. The van der Waals surface area contributed by atoms with E-state index in [2.05, 4.69) is 16.5 Å². The number of thiophene rings is 1. The number of carbonyl (C=O) groups excluding carboxylic acids is 1. The molecule has 232 valence electrons. The van der Waals surface area contributed by atoms with Crippen LogP contribution in [-0.4, -0.2) is 56.3 Å². The van der Waals surface area contributed by atoms with Crippen LogP contribution in [0, 0.1) is 0 Å². The number of piperazine rings is 1. The maximum Gasteiger partial charge on any atom is 0.417 e. The summed E-state index contributed by atoms with van der Waals surface area (Å²) >= 11 is 8.58. The Hall–Kier alpha value is -3.55. The van der Waals surface area contributed by atoms with E-state index >= 15 is 0 Å². The van der Waals surface area contributed by atoms with Crippen LogP contribution in [-0.2, 0) is 17.5 Å². The van der Waals surface area contributed by atoms with Crippen LogP contribution in [0.3, 0.4) is 0 Å². The molecule has 1 aromatic carbocycles. The minimum absolute atomic E-state index is 0.0530. The third-order valence-electron chi connectivity index (χ3n) is 7.42. The number of pyridine rings is 1. The van der Waals surface area contributed by atoms with Gasteiger partial charge in [-0.1, -0.05) is 24.2 Å². The quantitative estimate of drug-likeness (QED) is 0.260. The average Bonchev–Trinajstić information content (AvgIpc) is 3.27. The van der Waals surface area contributed by atoms with Crippen LogP contribution in [0.25, 0.3) is 21.3 Å². The molecule has 5 heterocycles. The number of rotatable bonds is 3. The SMILES string of the molecule is C=CC(=O)N1C(C)CN(c2nc(=O)n3c4c(c(-c5cc(Cl)cs5)c(C(F)(F)F)cc24)SCCC3)CC1C.O=c1cccc[nH]1. The molecule has 1 saturated heterocycles. The van der Waals surface area contributed by atoms with E-state index in [1.807, 2.05) is 18.7 Å². The first-order valence-electron chi connectivity index (χ1n) is 13.8. The third kappa shape index (κ3) is 6.31. The van der Waals surface area contributed by atoms with Gasteiger partial charge in [0.25, 0.3) is 0 Å². The van der Waals surface area contributed by atoms with Crippen LogP contribution in [0.1, 0.15) is 25.8 Å². The van der Waals surface area contributed by atoms with Crippen molar-refractivity contribution < 1.29 is 18.0 Å². The van der Waals surface area contributed by atoms with Crippen molar-refractivity contribution in [2.45, 2.75) is 50.0 Å². The summed E-state index contributed by atoms with van der Waals surface area (Å²) < 4.78 is 45.2. The lowest BCUT2D eigenvalue weighted by Gasteiger charge is -2.44. The van der Waals surface area contributed by atoms with Gasteiger partial charge in [0.05, 0.1) is 16.1 Å². The van der Waals surface area contributed by atoms with Gasteiger partial charge in [-0.3, -0.25) is 14.2 Å². The molecule has 8 nitrogen and oxygen atoms in total. The van der Waals surface area contributed by atoms with E-state index in [-0.39, 0.29) is 40.3 Å². The van der Waals surface area contributed by atoms with Crippen LogP contribution >= 0.6 is 34.7 Å². The van der Waals surface area contributed by atoms with Gasteiger partial charge in [-0.2, -0.15) is 18.2 Å². The highest BCUT2D eigenvalue weighted by Gasteiger charge is 2.39. The van der Waals surface area contributed by atoms with Gasteiger partial charge in [-0.15, -0.1) is 23.1 Å². The number of hydrogen-bond donors (Lipinski definition) is 1. The summed E-state index contributed by atoms with van der Waals surface area (Å²) in [5.41, 5.74) is -0.807. The van der Waals surface area contributed by atoms with E-state index in [4.69, 9.17) is 11.6 Å². The van der Waals surface area contributed by atoms with Crippen LogP contribution < -0.4 is 16.1 Å². The second-order valence-corrected chi connectivity index (χ2v) is 13.0. The van der Waals surface area contributed by atoms with Gasteiger partial charge in [0.2, 0.25) is 11.5 Å². The number of nitrogens with zero attached hydrogens (tertiary/aromatic N) is 4. The Morgan fingerprint density at radius 1 is 1.18 bits per heavy atom. The zero-order chi connectivity index (χ0) is 31.8. The number of carbonyl (C=O) groups is 1. The molecule has 1 fully saturated rings. The number of anilines is 1. The summed E-state index contributed by atoms with van der Waals surface area (Å²) in [5, 5.41) is 2.25. The molecule has 2 aliphatic heterocycles. The third-order valence-corrected chi connectivity index (χ3v) is 9.89. The zero-order valence-corrected chi connectivity index (χ0v) is 26.2. The Bertz CT molecular complexity index is 1810. The summed E-state index contributed by atoms with van der Waals surface area (Å²) in [6.07, 6.45) is -1.16. The number of H-pyrrole nitrogens is 1. The van der Waals surface area contributed by atoms with E-state index in [9.17, 15) is 27.6 Å². The molecular formula is C30H29ClF3N5O3S2. The molecule has 0 bridgehead atoms. The van der Waals surface area contributed by atoms with Crippen molar-refractivity contribution in [3.63, 3.8) is 0 Å². The van der Waals surface area contributed by atoms with Crippen molar-refractivity contribution in [1.29, 1.82) is 0 Å². The molecule has 14 heteroatoms. The molecule has 2 unspecified atom stereocenters. The molecule has 4 aromatic rings. The number of amides is 1. The number of thioether (sulfide) groups is 1. The molecule has 44 heavy (non-hydrogen) atoms. The minimum Gasteiger partial charge on any atom is -0.352 e. The largest absolute Gasteiger partial charge is 0.417 e. The first kappa shape index (κ1) is 31.9. The van der Waals surface area contributed by atoms with E-state index in [0.717, 1.165) is 17.4 Å². The fourth-order valence-corrected chi connectivity index (χ4v) is 8.11. The Kier molecular flexibility index (Phi) is 9.28. The Morgan fingerprint density at radius 3 is 2.45 bits per heavy atom. The topological polar surface area (TPSA) is 91.3 Å². The normalized spacial score (nSPS) is 18.4. The zero-order valence-electron chi connectivity index (χ0n) is 23.9. The predicted molar refractivity (Wildman–Crippen MR) is 170 cm³/mol. The van der Waals surface area contributed by atoms with Gasteiger partial charge in [0.15, 0.2) is 0 Å². The molecular weight excluding hydrogens is 635 g/mol. The molecule has 1 N–H and O–H groups in total. The van der Waals surface area contributed by atoms with Gasteiger partial charge in [0, 0.05) is 70.1 Å². The van der Waals surface area contributed by atoms with Crippen molar-refractivity contribution in [2.75, 3.05) is 23.7 Å². The van der Waals surface area contributed by atoms with Crippen molar-refractivity contribution in [1.82, 2.24) is 19.4 Å². The maximum atomic E-state index is 14.6. The molecule has 3 aromatic heterocycles. The molecule has 2 atom stereocenters. The van der Waals surface area contributed by atoms with E-state index in [1.165, 1.54) is 34.5 Å². The highest BCUT2D eigenvalue weighted by molar-refractivity contribution is 7.99. The van der Waals surface area contributed by atoms with Crippen molar-refractivity contribution in [3.8, 4) is 10.4 Å². The Labute approximate surface area is 264 Å².